The largest absolute Gasteiger partial charge is 0.323 e. The van der Waals surface area contributed by atoms with Crippen molar-refractivity contribution in [1.82, 2.24) is 24.3 Å². The first-order chi connectivity index (χ1) is 9.25. The van der Waals surface area contributed by atoms with Crippen molar-refractivity contribution >= 4 is 11.3 Å². The summed E-state index contributed by atoms with van der Waals surface area (Å²) in [4.78, 5) is 9.94. The minimum atomic E-state index is 0.311. The summed E-state index contributed by atoms with van der Waals surface area (Å²) >= 11 is 1.69. The summed E-state index contributed by atoms with van der Waals surface area (Å²) in [6.07, 6.45) is 5.41. The summed E-state index contributed by atoms with van der Waals surface area (Å²) in [5.41, 5.74) is 0. The Morgan fingerprint density at radius 1 is 1.32 bits per heavy atom. The molecule has 3 aromatic rings. The molecule has 5 nitrogen and oxygen atoms in total. The molecule has 0 radical (unpaired) electrons. The van der Waals surface area contributed by atoms with Gasteiger partial charge >= 0.3 is 0 Å². The van der Waals surface area contributed by atoms with Crippen molar-refractivity contribution in [2.75, 3.05) is 0 Å². The maximum Gasteiger partial charge on any atom is 0.150 e. The maximum absolute atomic E-state index is 4.43. The zero-order valence-electron chi connectivity index (χ0n) is 10.9. The Morgan fingerprint density at radius 3 is 2.95 bits per heavy atom. The molecule has 3 aromatic heterocycles. The molecular weight excluding hydrogens is 258 g/mol. The lowest BCUT2D eigenvalue weighted by Crippen LogP contribution is -2.12. The monoisotopic (exact) mass is 273 g/mol. The molecule has 0 fully saturated rings. The van der Waals surface area contributed by atoms with Gasteiger partial charge in [-0.15, -0.1) is 11.3 Å². The second-order valence-electron chi connectivity index (χ2n) is 4.57. The molecule has 0 spiro atoms. The summed E-state index contributed by atoms with van der Waals surface area (Å²) in [6, 6.07) is 4.43. The van der Waals surface area contributed by atoms with Crippen LogP contribution in [0.3, 0.4) is 0 Å². The van der Waals surface area contributed by atoms with Crippen molar-refractivity contribution in [2.24, 2.45) is 0 Å². The van der Waals surface area contributed by atoms with E-state index in [1.165, 1.54) is 4.88 Å². The van der Waals surface area contributed by atoms with Crippen molar-refractivity contribution < 1.29 is 0 Å². The van der Waals surface area contributed by atoms with Gasteiger partial charge in [-0.2, -0.15) is 5.10 Å². The molecule has 0 saturated heterocycles. The Hall–Kier alpha value is -1.95. The van der Waals surface area contributed by atoms with Crippen LogP contribution in [0.15, 0.2) is 36.2 Å². The van der Waals surface area contributed by atoms with Gasteiger partial charge in [0.05, 0.1) is 11.4 Å². The van der Waals surface area contributed by atoms with E-state index in [2.05, 4.69) is 44.9 Å². The summed E-state index contributed by atoms with van der Waals surface area (Å²) in [5, 5.41) is 6.32. The topological polar surface area (TPSA) is 48.5 Å². The highest BCUT2D eigenvalue weighted by atomic mass is 32.1. The zero-order chi connectivity index (χ0) is 13.2. The van der Waals surface area contributed by atoms with Crippen LogP contribution in [0.25, 0.3) is 10.7 Å². The molecule has 0 saturated carbocycles. The molecule has 19 heavy (non-hydrogen) atoms. The van der Waals surface area contributed by atoms with E-state index in [9.17, 15) is 0 Å². The molecule has 3 heterocycles. The summed E-state index contributed by atoms with van der Waals surface area (Å²) < 4.78 is 4.05. The summed E-state index contributed by atoms with van der Waals surface area (Å²) in [6.45, 7) is 4.89. The van der Waals surface area contributed by atoms with Crippen LogP contribution in [0.2, 0.25) is 0 Å². The van der Waals surface area contributed by atoms with E-state index in [4.69, 9.17) is 0 Å². The van der Waals surface area contributed by atoms with Gasteiger partial charge in [-0.1, -0.05) is 6.07 Å². The molecule has 3 rings (SSSR count). The predicted octanol–water partition coefficient (Wildman–Crippen LogP) is 2.83. The third kappa shape index (κ3) is 2.31. The van der Waals surface area contributed by atoms with Gasteiger partial charge in [-0.05, 0) is 25.3 Å². The molecule has 0 aromatic carbocycles. The molecular formula is C13H15N5S. The van der Waals surface area contributed by atoms with E-state index in [0.717, 1.165) is 11.6 Å². The highest BCUT2D eigenvalue weighted by molar-refractivity contribution is 7.13. The Labute approximate surface area is 115 Å². The summed E-state index contributed by atoms with van der Waals surface area (Å²) in [5.74, 6) is 1.93. The Balaban J connectivity index is 1.92. The Morgan fingerprint density at radius 2 is 2.21 bits per heavy atom. The first-order valence-electron chi connectivity index (χ1n) is 6.19. The highest BCUT2D eigenvalue weighted by Gasteiger charge is 2.12. The number of imidazole rings is 1. The van der Waals surface area contributed by atoms with Gasteiger partial charge in [0.2, 0.25) is 0 Å². The zero-order valence-corrected chi connectivity index (χ0v) is 11.7. The van der Waals surface area contributed by atoms with Gasteiger partial charge in [0.1, 0.15) is 18.0 Å². The second kappa shape index (κ2) is 4.97. The van der Waals surface area contributed by atoms with E-state index in [1.807, 2.05) is 23.1 Å². The summed E-state index contributed by atoms with van der Waals surface area (Å²) in [7, 11) is 0. The smallest absolute Gasteiger partial charge is 0.150 e. The average molecular weight is 273 g/mol. The minimum absolute atomic E-state index is 0.311. The lowest BCUT2D eigenvalue weighted by molar-refractivity contribution is 0.497. The van der Waals surface area contributed by atoms with Gasteiger partial charge in [-0.25, -0.2) is 14.6 Å². The maximum atomic E-state index is 4.43. The lowest BCUT2D eigenvalue weighted by Gasteiger charge is -2.11. The molecule has 0 atom stereocenters. The van der Waals surface area contributed by atoms with E-state index in [-0.39, 0.29) is 0 Å². The molecule has 0 bridgehead atoms. The van der Waals surface area contributed by atoms with Crippen molar-refractivity contribution in [2.45, 2.75) is 26.4 Å². The lowest BCUT2D eigenvalue weighted by atomic mass is 10.4. The van der Waals surface area contributed by atoms with Crippen LogP contribution in [-0.4, -0.2) is 24.3 Å². The van der Waals surface area contributed by atoms with Crippen LogP contribution in [0, 0.1) is 0 Å². The van der Waals surface area contributed by atoms with Crippen LogP contribution in [0.5, 0.6) is 0 Å². The molecule has 0 aliphatic heterocycles. The van der Waals surface area contributed by atoms with Crippen LogP contribution in [0.4, 0.5) is 0 Å². The molecule has 0 amide bonds. The van der Waals surface area contributed by atoms with Gasteiger partial charge in [0.15, 0.2) is 0 Å². The van der Waals surface area contributed by atoms with E-state index < -0.39 is 0 Å². The number of nitrogens with zero attached hydrogens (tertiary/aromatic N) is 5. The minimum Gasteiger partial charge on any atom is -0.323 e. The Bertz CT molecular complexity index is 650. The average Bonchev–Trinajstić information content (AvgIpc) is 3.09. The fourth-order valence-electron chi connectivity index (χ4n) is 2.04. The van der Waals surface area contributed by atoms with Crippen LogP contribution >= 0.6 is 11.3 Å². The van der Waals surface area contributed by atoms with Crippen molar-refractivity contribution in [3.8, 4) is 10.7 Å². The number of aromatic nitrogens is 5. The first-order valence-corrected chi connectivity index (χ1v) is 7.07. The second-order valence-corrected chi connectivity index (χ2v) is 5.52. The number of hydrogen-bond donors (Lipinski definition) is 0. The predicted molar refractivity (Wildman–Crippen MR) is 75.0 cm³/mol. The normalized spacial score (nSPS) is 11.3. The van der Waals surface area contributed by atoms with Crippen LogP contribution < -0.4 is 0 Å². The third-order valence-electron chi connectivity index (χ3n) is 2.91. The molecule has 6 heteroatoms. The molecule has 98 valence electrons. The highest BCUT2D eigenvalue weighted by Crippen LogP contribution is 2.23. The third-order valence-corrected chi connectivity index (χ3v) is 3.77. The first kappa shape index (κ1) is 12.1. The number of thiophene rings is 1. The van der Waals surface area contributed by atoms with E-state index >= 15 is 0 Å². The SMILES string of the molecule is CC(C)n1ncnc1Cn1ccnc1-c1cccs1. The van der Waals surface area contributed by atoms with Crippen molar-refractivity contribution in [1.29, 1.82) is 0 Å². The quantitative estimate of drug-likeness (QED) is 0.734. The van der Waals surface area contributed by atoms with E-state index in [0.29, 0.717) is 12.6 Å². The van der Waals surface area contributed by atoms with Crippen LogP contribution in [0.1, 0.15) is 25.7 Å². The molecule has 0 aliphatic rings. The number of hydrogen-bond acceptors (Lipinski definition) is 4. The molecule has 0 N–H and O–H groups in total. The van der Waals surface area contributed by atoms with Gasteiger partial charge in [0, 0.05) is 18.4 Å². The van der Waals surface area contributed by atoms with Crippen LogP contribution in [-0.2, 0) is 6.54 Å². The number of rotatable bonds is 4. The molecule has 0 unspecified atom stereocenters. The van der Waals surface area contributed by atoms with Gasteiger partial charge in [0.25, 0.3) is 0 Å². The fourth-order valence-corrected chi connectivity index (χ4v) is 2.77. The van der Waals surface area contributed by atoms with Crippen molar-refractivity contribution in [3.63, 3.8) is 0 Å². The fraction of sp³-hybridized carbons (Fsp3) is 0.308. The van der Waals surface area contributed by atoms with Crippen molar-refractivity contribution in [3.05, 3.63) is 42.1 Å². The van der Waals surface area contributed by atoms with E-state index in [1.54, 1.807) is 17.7 Å². The van der Waals surface area contributed by atoms with Gasteiger partial charge in [-0.3, -0.25) is 0 Å². The molecule has 0 aliphatic carbocycles. The standard InChI is InChI=1S/C13H15N5S/c1-10(2)18-12(15-9-16-18)8-17-6-5-14-13(17)11-4-3-7-19-11/h3-7,9-10H,8H2,1-2H3. The van der Waals surface area contributed by atoms with Gasteiger partial charge < -0.3 is 4.57 Å². The Kier molecular flexibility index (Phi) is 3.16.